The Kier molecular flexibility index (Phi) is 5.39. The van der Waals surface area contributed by atoms with Gasteiger partial charge in [0.15, 0.2) is 0 Å². The van der Waals surface area contributed by atoms with Crippen LogP contribution in [0.1, 0.15) is 39.0 Å². The molecule has 2 rings (SSSR count). The van der Waals surface area contributed by atoms with Gasteiger partial charge in [-0.3, -0.25) is 4.98 Å². The Morgan fingerprint density at radius 3 is 3.11 bits per heavy atom. The second kappa shape index (κ2) is 7.28. The molecule has 3 N–H and O–H groups in total. The molecule has 0 bridgehead atoms. The zero-order valence-electron chi connectivity index (χ0n) is 11.6. The van der Waals surface area contributed by atoms with Crippen LogP contribution in [0.5, 0.6) is 5.88 Å². The number of anilines is 1. The van der Waals surface area contributed by atoms with E-state index in [1.54, 1.807) is 12.4 Å². The van der Waals surface area contributed by atoms with Gasteiger partial charge in [0, 0.05) is 12.6 Å². The lowest BCUT2D eigenvalue weighted by Crippen LogP contribution is -2.31. The van der Waals surface area contributed by atoms with Gasteiger partial charge in [-0.25, -0.2) is 0 Å². The molecule has 1 aromatic rings. The fourth-order valence-electron chi connectivity index (χ4n) is 2.48. The maximum atomic E-state index is 6.00. The average Bonchev–Trinajstić information content (AvgIpc) is 2.43. The quantitative estimate of drug-likeness (QED) is 0.824. The molecule has 1 aliphatic carbocycles. The second-order valence-corrected chi connectivity index (χ2v) is 5.26. The van der Waals surface area contributed by atoms with Gasteiger partial charge in [-0.1, -0.05) is 13.3 Å². The van der Waals surface area contributed by atoms with Crippen LogP contribution in [0.3, 0.4) is 0 Å². The molecule has 106 valence electrons. The maximum Gasteiger partial charge on any atom is 0.234 e. The lowest BCUT2D eigenvalue weighted by Gasteiger charge is -2.26. The third-order valence-electron chi connectivity index (χ3n) is 3.46. The average molecular weight is 264 g/mol. The van der Waals surface area contributed by atoms with Crippen molar-refractivity contribution in [3.63, 3.8) is 0 Å². The zero-order chi connectivity index (χ0) is 13.5. The fourth-order valence-corrected chi connectivity index (χ4v) is 2.48. The Bertz CT molecular complexity index is 385. The number of ether oxygens (including phenoxy) is 1. The number of nitrogens with two attached hydrogens (primary N) is 1. The summed E-state index contributed by atoms with van der Waals surface area (Å²) in [4.78, 5) is 8.53. The van der Waals surface area contributed by atoms with Crippen molar-refractivity contribution in [3.8, 4) is 5.88 Å². The first-order chi connectivity index (χ1) is 9.28. The molecule has 0 aromatic carbocycles. The smallest absolute Gasteiger partial charge is 0.234 e. The van der Waals surface area contributed by atoms with Crippen LogP contribution in [-0.4, -0.2) is 29.2 Å². The summed E-state index contributed by atoms with van der Waals surface area (Å²) in [6, 6.07) is 0.367. The molecule has 0 aliphatic heterocycles. The number of nitrogens with zero attached hydrogens (tertiary/aromatic N) is 2. The van der Waals surface area contributed by atoms with Gasteiger partial charge in [0.2, 0.25) is 5.88 Å². The van der Waals surface area contributed by atoms with E-state index in [4.69, 9.17) is 10.5 Å². The van der Waals surface area contributed by atoms with Gasteiger partial charge < -0.3 is 15.8 Å². The van der Waals surface area contributed by atoms with Gasteiger partial charge in [0.1, 0.15) is 5.82 Å². The third kappa shape index (κ3) is 4.67. The second-order valence-electron chi connectivity index (χ2n) is 5.26. The molecule has 5 nitrogen and oxygen atoms in total. The summed E-state index contributed by atoms with van der Waals surface area (Å²) in [5, 5.41) is 3.34. The monoisotopic (exact) mass is 264 g/mol. The minimum Gasteiger partial charge on any atom is -0.477 e. The Morgan fingerprint density at radius 2 is 2.32 bits per heavy atom. The molecular formula is C14H24N4O. The molecule has 1 heterocycles. The summed E-state index contributed by atoms with van der Waals surface area (Å²) in [6.45, 7) is 3.66. The molecular weight excluding hydrogens is 240 g/mol. The van der Waals surface area contributed by atoms with Crippen molar-refractivity contribution in [1.29, 1.82) is 0 Å². The van der Waals surface area contributed by atoms with Gasteiger partial charge >= 0.3 is 0 Å². The first-order valence-electron chi connectivity index (χ1n) is 7.22. The van der Waals surface area contributed by atoms with Crippen LogP contribution < -0.4 is 15.8 Å². The minimum atomic E-state index is 0.367. The van der Waals surface area contributed by atoms with Crippen molar-refractivity contribution in [3.05, 3.63) is 12.4 Å². The highest BCUT2D eigenvalue weighted by molar-refractivity contribution is 5.33. The Morgan fingerprint density at radius 1 is 1.42 bits per heavy atom. The highest BCUT2D eigenvalue weighted by atomic mass is 16.5. The summed E-state index contributed by atoms with van der Waals surface area (Å²) < 4.78 is 5.47. The van der Waals surface area contributed by atoms with E-state index in [1.807, 2.05) is 0 Å². The van der Waals surface area contributed by atoms with Crippen molar-refractivity contribution >= 4 is 5.82 Å². The van der Waals surface area contributed by atoms with Gasteiger partial charge in [0.25, 0.3) is 0 Å². The molecule has 0 amide bonds. The highest BCUT2D eigenvalue weighted by Gasteiger charge is 2.18. The van der Waals surface area contributed by atoms with Crippen LogP contribution in [0.15, 0.2) is 12.4 Å². The maximum absolute atomic E-state index is 6.00. The Hall–Kier alpha value is -1.36. The van der Waals surface area contributed by atoms with Crippen molar-refractivity contribution in [2.45, 2.75) is 45.1 Å². The van der Waals surface area contributed by atoms with E-state index >= 15 is 0 Å². The summed E-state index contributed by atoms with van der Waals surface area (Å²) in [5.74, 6) is 2.02. The van der Waals surface area contributed by atoms with E-state index in [0.717, 1.165) is 31.6 Å². The van der Waals surface area contributed by atoms with Gasteiger partial charge in [-0.05, 0) is 31.6 Å². The van der Waals surface area contributed by atoms with E-state index in [9.17, 15) is 0 Å². The predicted octanol–water partition coefficient (Wildman–Crippen LogP) is 2.19. The van der Waals surface area contributed by atoms with E-state index in [0.29, 0.717) is 24.4 Å². The molecule has 0 radical (unpaired) electrons. The van der Waals surface area contributed by atoms with Crippen LogP contribution in [0, 0.1) is 5.92 Å². The molecule has 2 unspecified atom stereocenters. The van der Waals surface area contributed by atoms with Crippen LogP contribution in [0.4, 0.5) is 5.82 Å². The highest BCUT2D eigenvalue weighted by Crippen LogP contribution is 2.23. The van der Waals surface area contributed by atoms with Crippen molar-refractivity contribution in [1.82, 2.24) is 9.97 Å². The molecule has 2 atom stereocenters. The fraction of sp³-hybridized carbons (Fsp3) is 0.714. The largest absolute Gasteiger partial charge is 0.477 e. The zero-order valence-corrected chi connectivity index (χ0v) is 11.6. The van der Waals surface area contributed by atoms with Crippen LogP contribution in [-0.2, 0) is 0 Å². The number of hydrogen-bond acceptors (Lipinski definition) is 5. The van der Waals surface area contributed by atoms with E-state index in [2.05, 4.69) is 22.2 Å². The summed E-state index contributed by atoms with van der Waals surface area (Å²) >= 11 is 0. The first-order valence-corrected chi connectivity index (χ1v) is 7.22. The van der Waals surface area contributed by atoms with Gasteiger partial charge in [0.05, 0.1) is 19.0 Å². The number of aromatic nitrogens is 2. The molecule has 0 spiro atoms. The third-order valence-corrected chi connectivity index (χ3v) is 3.46. The van der Waals surface area contributed by atoms with Gasteiger partial charge in [-0.2, -0.15) is 4.98 Å². The lowest BCUT2D eigenvalue weighted by molar-refractivity contribution is 0.304. The number of hydrogen-bond donors (Lipinski definition) is 2. The Balaban J connectivity index is 1.81. The SMILES string of the molecule is CCCOc1cncc(NCC2CCCC(N)C2)n1. The van der Waals surface area contributed by atoms with Crippen molar-refractivity contribution in [2.75, 3.05) is 18.5 Å². The Labute approximate surface area is 115 Å². The molecule has 5 heteroatoms. The lowest BCUT2D eigenvalue weighted by atomic mass is 9.86. The van der Waals surface area contributed by atoms with Crippen molar-refractivity contribution < 1.29 is 4.74 Å². The van der Waals surface area contributed by atoms with E-state index < -0.39 is 0 Å². The van der Waals surface area contributed by atoms with Crippen LogP contribution in [0.25, 0.3) is 0 Å². The number of nitrogens with one attached hydrogen (secondary N) is 1. The van der Waals surface area contributed by atoms with E-state index in [1.165, 1.54) is 12.8 Å². The topological polar surface area (TPSA) is 73.1 Å². The molecule has 1 fully saturated rings. The molecule has 1 aromatic heterocycles. The van der Waals surface area contributed by atoms with E-state index in [-0.39, 0.29) is 0 Å². The summed E-state index contributed by atoms with van der Waals surface area (Å²) in [5.41, 5.74) is 6.00. The molecule has 1 aliphatic rings. The predicted molar refractivity (Wildman–Crippen MR) is 76.2 cm³/mol. The normalized spacial score (nSPS) is 23.1. The molecule has 19 heavy (non-hydrogen) atoms. The molecule has 1 saturated carbocycles. The first kappa shape index (κ1) is 14.1. The summed E-state index contributed by atoms with van der Waals surface area (Å²) in [7, 11) is 0. The standard InChI is InChI=1S/C14H24N4O/c1-2-6-19-14-10-16-9-13(18-14)17-8-11-4-3-5-12(15)7-11/h9-12H,2-8,15H2,1H3,(H,17,18). The molecule has 0 saturated heterocycles. The van der Waals surface area contributed by atoms with Gasteiger partial charge in [-0.15, -0.1) is 0 Å². The summed E-state index contributed by atoms with van der Waals surface area (Å²) in [6.07, 6.45) is 9.11. The minimum absolute atomic E-state index is 0.367. The van der Waals surface area contributed by atoms with Crippen LogP contribution in [0.2, 0.25) is 0 Å². The van der Waals surface area contributed by atoms with Crippen LogP contribution >= 0.6 is 0 Å². The number of rotatable bonds is 6. The van der Waals surface area contributed by atoms with Crippen molar-refractivity contribution in [2.24, 2.45) is 11.7 Å².